The summed E-state index contributed by atoms with van der Waals surface area (Å²) >= 11 is 0. The largest absolute Gasteiger partial charge is 0.364 e. The lowest BCUT2D eigenvalue weighted by atomic mass is 10.1. The number of amides is 1. The maximum absolute atomic E-state index is 13.5. The standard InChI is InChI=1S/C11H8FN3O/c12-8-4-2-1-3-7(8)9-10(11(13)16)15-6-5-14-9/h1-6H,(H2,13,16). The van der Waals surface area contributed by atoms with Crippen molar-refractivity contribution in [1.29, 1.82) is 0 Å². The summed E-state index contributed by atoms with van der Waals surface area (Å²) in [6.45, 7) is 0. The van der Waals surface area contributed by atoms with Gasteiger partial charge >= 0.3 is 0 Å². The summed E-state index contributed by atoms with van der Waals surface area (Å²) in [5, 5.41) is 0. The van der Waals surface area contributed by atoms with Crippen LogP contribution in [-0.2, 0) is 0 Å². The molecule has 0 saturated carbocycles. The Bertz CT molecular complexity index is 542. The van der Waals surface area contributed by atoms with Crippen molar-refractivity contribution in [3.05, 3.63) is 48.2 Å². The van der Waals surface area contributed by atoms with Crippen LogP contribution in [0, 0.1) is 5.82 Å². The third-order valence-corrected chi connectivity index (χ3v) is 2.06. The third-order valence-electron chi connectivity index (χ3n) is 2.06. The second-order valence-corrected chi connectivity index (χ2v) is 3.10. The quantitative estimate of drug-likeness (QED) is 0.826. The van der Waals surface area contributed by atoms with E-state index in [0.717, 1.165) is 0 Å². The molecule has 0 bridgehead atoms. The molecule has 16 heavy (non-hydrogen) atoms. The predicted molar refractivity (Wildman–Crippen MR) is 55.9 cm³/mol. The summed E-state index contributed by atoms with van der Waals surface area (Å²) in [7, 11) is 0. The molecule has 0 fully saturated rings. The molecule has 0 aliphatic rings. The number of rotatable bonds is 2. The Balaban J connectivity index is 2.65. The molecule has 1 aromatic carbocycles. The number of nitrogens with zero attached hydrogens (tertiary/aromatic N) is 2. The molecule has 2 N–H and O–H groups in total. The van der Waals surface area contributed by atoms with Crippen molar-refractivity contribution in [2.24, 2.45) is 5.73 Å². The average molecular weight is 217 g/mol. The van der Waals surface area contributed by atoms with Gasteiger partial charge in [0.2, 0.25) is 0 Å². The van der Waals surface area contributed by atoms with Crippen LogP contribution in [0.3, 0.4) is 0 Å². The molecule has 2 rings (SSSR count). The van der Waals surface area contributed by atoms with Gasteiger partial charge in [0.05, 0.1) is 0 Å². The van der Waals surface area contributed by atoms with Crippen LogP contribution in [0.5, 0.6) is 0 Å². The number of hydrogen-bond acceptors (Lipinski definition) is 3. The van der Waals surface area contributed by atoms with Crippen molar-refractivity contribution < 1.29 is 9.18 Å². The zero-order chi connectivity index (χ0) is 11.5. The molecule has 1 amide bonds. The molecular formula is C11H8FN3O. The Hall–Kier alpha value is -2.30. The summed E-state index contributed by atoms with van der Waals surface area (Å²) in [6.07, 6.45) is 2.72. The Kier molecular flexibility index (Phi) is 2.59. The molecule has 2 aromatic rings. The zero-order valence-corrected chi connectivity index (χ0v) is 8.22. The Morgan fingerprint density at radius 3 is 2.56 bits per heavy atom. The van der Waals surface area contributed by atoms with Crippen LogP contribution < -0.4 is 5.73 Å². The zero-order valence-electron chi connectivity index (χ0n) is 8.22. The molecular weight excluding hydrogens is 209 g/mol. The lowest BCUT2D eigenvalue weighted by Crippen LogP contribution is -2.15. The van der Waals surface area contributed by atoms with Gasteiger partial charge in [0.1, 0.15) is 11.5 Å². The van der Waals surface area contributed by atoms with E-state index in [9.17, 15) is 9.18 Å². The van der Waals surface area contributed by atoms with Crippen molar-refractivity contribution in [3.8, 4) is 11.3 Å². The van der Waals surface area contributed by atoms with Gasteiger partial charge in [-0.25, -0.2) is 9.37 Å². The highest BCUT2D eigenvalue weighted by molar-refractivity contribution is 5.96. The van der Waals surface area contributed by atoms with Gasteiger partial charge < -0.3 is 5.73 Å². The van der Waals surface area contributed by atoms with Crippen LogP contribution in [-0.4, -0.2) is 15.9 Å². The van der Waals surface area contributed by atoms with Gasteiger partial charge in [0, 0.05) is 18.0 Å². The molecule has 0 radical (unpaired) electrons. The molecule has 5 heteroatoms. The highest BCUT2D eigenvalue weighted by Crippen LogP contribution is 2.22. The van der Waals surface area contributed by atoms with Gasteiger partial charge in [-0.2, -0.15) is 0 Å². The second-order valence-electron chi connectivity index (χ2n) is 3.10. The fourth-order valence-corrected chi connectivity index (χ4v) is 1.37. The summed E-state index contributed by atoms with van der Waals surface area (Å²) in [5.41, 5.74) is 5.48. The van der Waals surface area contributed by atoms with E-state index >= 15 is 0 Å². The lowest BCUT2D eigenvalue weighted by molar-refractivity contribution is 0.0996. The van der Waals surface area contributed by atoms with Crippen molar-refractivity contribution in [2.45, 2.75) is 0 Å². The van der Waals surface area contributed by atoms with E-state index in [1.54, 1.807) is 12.1 Å². The maximum atomic E-state index is 13.5. The number of hydrogen-bond donors (Lipinski definition) is 1. The van der Waals surface area contributed by atoms with Crippen LogP contribution in [0.2, 0.25) is 0 Å². The van der Waals surface area contributed by atoms with Crippen LogP contribution in [0.25, 0.3) is 11.3 Å². The highest BCUT2D eigenvalue weighted by Gasteiger charge is 2.15. The minimum absolute atomic E-state index is 0.0346. The minimum atomic E-state index is -0.730. The third kappa shape index (κ3) is 1.75. The van der Waals surface area contributed by atoms with Crippen molar-refractivity contribution in [3.63, 3.8) is 0 Å². The van der Waals surface area contributed by atoms with Gasteiger partial charge in [-0.05, 0) is 12.1 Å². The van der Waals surface area contributed by atoms with Crippen LogP contribution in [0.15, 0.2) is 36.7 Å². The normalized spacial score (nSPS) is 10.1. The lowest BCUT2D eigenvalue weighted by Gasteiger charge is -2.04. The van der Waals surface area contributed by atoms with Crippen LogP contribution in [0.1, 0.15) is 10.5 Å². The van der Waals surface area contributed by atoms with E-state index in [-0.39, 0.29) is 17.0 Å². The monoisotopic (exact) mass is 217 g/mol. The summed E-state index contributed by atoms with van der Waals surface area (Å²) in [5.74, 6) is -1.20. The first-order valence-electron chi connectivity index (χ1n) is 4.56. The molecule has 80 valence electrons. The van der Waals surface area contributed by atoms with Gasteiger partial charge in [-0.1, -0.05) is 12.1 Å². The molecule has 0 atom stereocenters. The number of benzene rings is 1. The highest BCUT2D eigenvalue weighted by atomic mass is 19.1. The first-order chi connectivity index (χ1) is 7.70. The molecule has 0 spiro atoms. The van der Waals surface area contributed by atoms with E-state index in [4.69, 9.17) is 5.73 Å². The fourth-order valence-electron chi connectivity index (χ4n) is 1.37. The van der Waals surface area contributed by atoms with Gasteiger partial charge in [-0.3, -0.25) is 9.78 Å². The Morgan fingerprint density at radius 2 is 1.88 bits per heavy atom. The number of halogens is 1. The molecule has 1 aromatic heterocycles. The van der Waals surface area contributed by atoms with Crippen molar-refractivity contribution in [2.75, 3.05) is 0 Å². The van der Waals surface area contributed by atoms with E-state index in [2.05, 4.69) is 9.97 Å². The molecule has 0 unspecified atom stereocenters. The Labute approximate surface area is 91.0 Å². The first kappa shape index (κ1) is 10.2. The first-order valence-corrected chi connectivity index (χ1v) is 4.56. The summed E-state index contributed by atoms with van der Waals surface area (Å²) < 4.78 is 13.5. The number of carbonyl (C=O) groups is 1. The Morgan fingerprint density at radius 1 is 1.19 bits per heavy atom. The molecule has 0 aliphatic carbocycles. The van der Waals surface area contributed by atoms with Crippen LogP contribution in [0.4, 0.5) is 4.39 Å². The number of nitrogens with two attached hydrogens (primary N) is 1. The van der Waals surface area contributed by atoms with E-state index in [1.165, 1.54) is 24.5 Å². The minimum Gasteiger partial charge on any atom is -0.364 e. The van der Waals surface area contributed by atoms with E-state index in [0.29, 0.717) is 0 Å². The SMILES string of the molecule is NC(=O)c1nccnc1-c1ccccc1F. The number of aromatic nitrogens is 2. The van der Waals surface area contributed by atoms with Gasteiger partial charge in [0.15, 0.2) is 5.69 Å². The van der Waals surface area contributed by atoms with E-state index in [1.807, 2.05) is 0 Å². The molecule has 0 saturated heterocycles. The summed E-state index contributed by atoms with van der Waals surface area (Å²) in [4.78, 5) is 18.8. The maximum Gasteiger partial charge on any atom is 0.269 e. The second kappa shape index (κ2) is 4.06. The smallest absolute Gasteiger partial charge is 0.269 e. The number of primary amides is 1. The van der Waals surface area contributed by atoms with Crippen LogP contribution >= 0.6 is 0 Å². The summed E-state index contributed by atoms with van der Waals surface area (Å²) in [6, 6.07) is 6.01. The molecule has 1 heterocycles. The topological polar surface area (TPSA) is 68.9 Å². The average Bonchev–Trinajstić information content (AvgIpc) is 2.29. The molecule has 0 aliphatic heterocycles. The van der Waals surface area contributed by atoms with Crippen molar-refractivity contribution in [1.82, 2.24) is 9.97 Å². The predicted octanol–water partition coefficient (Wildman–Crippen LogP) is 1.38. The van der Waals surface area contributed by atoms with E-state index < -0.39 is 11.7 Å². The van der Waals surface area contributed by atoms with Crippen molar-refractivity contribution >= 4 is 5.91 Å². The molecule has 4 nitrogen and oxygen atoms in total. The number of carbonyl (C=O) groups excluding carboxylic acids is 1. The fraction of sp³-hybridized carbons (Fsp3) is 0. The van der Waals surface area contributed by atoms with Gasteiger partial charge in [0.25, 0.3) is 5.91 Å². The van der Waals surface area contributed by atoms with Gasteiger partial charge in [-0.15, -0.1) is 0 Å².